The Kier molecular flexibility index (Phi) is 8.59. The van der Waals surface area contributed by atoms with Gasteiger partial charge in [-0.25, -0.2) is 0 Å². The van der Waals surface area contributed by atoms with Gasteiger partial charge in [0.2, 0.25) is 0 Å². The molecule has 0 amide bonds. The summed E-state index contributed by atoms with van der Waals surface area (Å²) in [6.07, 6.45) is 9.39. The SMILES string of the molecule is C=C(NCC(C)CN1CCC2=C(CCC=C2)C1)c1ccc(OCCCN(C)C)cc1. The van der Waals surface area contributed by atoms with Crippen LogP contribution in [-0.4, -0.2) is 63.2 Å². The van der Waals surface area contributed by atoms with Crippen LogP contribution in [0.2, 0.25) is 0 Å². The van der Waals surface area contributed by atoms with Crippen LogP contribution in [0.5, 0.6) is 5.75 Å². The van der Waals surface area contributed by atoms with E-state index in [2.05, 4.69) is 67.0 Å². The molecule has 4 nitrogen and oxygen atoms in total. The van der Waals surface area contributed by atoms with Crippen LogP contribution in [-0.2, 0) is 0 Å². The average molecular weight is 410 g/mol. The third kappa shape index (κ3) is 7.03. The third-order valence-corrected chi connectivity index (χ3v) is 5.95. The molecule has 1 aliphatic carbocycles. The molecule has 0 fully saturated rings. The summed E-state index contributed by atoms with van der Waals surface area (Å²) in [7, 11) is 4.17. The van der Waals surface area contributed by atoms with E-state index in [0.717, 1.165) is 56.2 Å². The van der Waals surface area contributed by atoms with Crippen LogP contribution in [0.1, 0.15) is 38.2 Å². The molecule has 1 unspecified atom stereocenters. The largest absolute Gasteiger partial charge is 0.494 e. The van der Waals surface area contributed by atoms with Crippen molar-refractivity contribution in [3.63, 3.8) is 0 Å². The molecule has 0 aromatic heterocycles. The minimum atomic E-state index is 0.585. The number of nitrogens with zero attached hydrogens (tertiary/aromatic N) is 2. The van der Waals surface area contributed by atoms with Crippen molar-refractivity contribution >= 4 is 5.70 Å². The standard InChI is InChI=1S/C26H39N3O/c1-21(19-29-16-14-24-8-5-6-9-25(24)20-29)18-27-22(2)23-10-12-26(13-11-23)30-17-7-15-28(3)4/h5,8,10-13,21,27H,2,6-7,9,14-20H2,1,3-4H3. The normalized spacial score (nSPS) is 17.7. The Balaban J connectivity index is 1.37. The summed E-state index contributed by atoms with van der Waals surface area (Å²) in [4.78, 5) is 4.80. The number of allylic oxidation sites excluding steroid dienone is 2. The summed E-state index contributed by atoms with van der Waals surface area (Å²) in [6, 6.07) is 8.27. The van der Waals surface area contributed by atoms with Crippen LogP contribution in [0.4, 0.5) is 0 Å². The minimum absolute atomic E-state index is 0.585. The Bertz CT molecular complexity index is 748. The highest BCUT2D eigenvalue weighted by molar-refractivity contribution is 5.62. The highest BCUT2D eigenvalue weighted by atomic mass is 16.5. The van der Waals surface area contributed by atoms with Gasteiger partial charge in [-0.3, -0.25) is 4.90 Å². The Morgan fingerprint density at radius 3 is 2.80 bits per heavy atom. The van der Waals surface area contributed by atoms with E-state index in [-0.39, 0.29) is 0 Å². The maximum Gasteiger partial charge on any atom is 0.119 e. The van der Waals surface area contributed by atoms with E-state index in [4.69, 9.17) is 4.74 Å². The molecule has 0 saturated heterocycles. The first-order valence-electron chi connectivity index (χ1n) is 11.4. The molecule has 30 heavy (non-hydrogen) atoms. The monoisotopic (exact) mass is 409 g/mol. The smallest absolute Gasteiger partial charge is 0.119 e. The number of nitrogens with one attached hydrogen (secondary N) is 1. The minimum Gasteiger partial charge on any atom is -0.494 e. The molecular weight excluding hydrogens is 370 g/mol. The van der Waals surface area contributed by atoms with Crippen molar-refractivity contribution in [3.05, 3.63) is 59.7 Å². The quantitative estimate of drug-likeness (QED) is 0.542. The van der Waals surface area contributed by atoms with Gasteiger partial charge in [-0.15, -0.1) is 0 Å². The molecule has 1 atom stereocenters. The van der Waals surface area contributed by atoms with E-state index < -0.39 is 0 Å². The van der Waals surface area contributed by atoms with Gasteiger partial charge in [0.1, 0.15) is 5.75 Å². The van der Waals surface area contributed by atoms with Crippen molar-refractivity contribution in [3.8, 4) is 5.75 Å². The maximum absolute atomic E-state index is 5.82. The molecule has 1 aromatic rings. The fourth-order valence-electron chi connectivity index (χ4n) is 4.21. The van der Waals surface area contributed by atoms with Crippen molar-refractivity contribution in [2.24, 2.45) is 5.92 Å². The molecule has 3 rings (SSSR count). The lowest BCUT2D eigenvalue weighted by molar-refractivity contribution is 0.244. The average Bonchev–Trinajstić information content (AvgIpc) is 2.75. The van der Waals surface area contributed by atoms with Crippen LogP contribution in [0, 0.1) is 5.92 Å². The maximum atomic E-state index is 5.82. The zero-order valence-corrected chi connectivity index (χ0v) is 19.1. The Morgan fingerprint density at radius 1 is 1.23 bits per heavy atom. The lowest BCUT2D eigenvalue weighted by atomic mass is 9.91. The first-order valence-corrected chi connectivity index (χ1v) is 11.4. The molecule has 1 N–H and O–H groups in total. The second kappa shape index (κ2) is 11.4. The highest BCUT2D eigenvalue weighted by Gasteiger charge is 2.20. The van der Waals surface area contributed by atoms with E-state index in [1.165, 1.54) is 25.8 Å². The van der Waals surface area contributed by atoms with Crippen LogP contribution < -0.4 is 10.1 Å². The van der Waals surface area contributed by atoms with Gasteiger partial charge < -0.3 is 15.0 Å². The molecule has 164 valence electrons. The molecule has 1 heterocycles. The van der Waals surface area contributed by atoms with Crippen LogP contribution in [0.25, 0.3) is 5.70 Å². The topological polar surface area (TPSA) is 27.7 Å². The molecule has 1 aromatic carbocycles. The number of ether oxygens (including phenoxy) is 1. The Labute approximate surface area is 183 Å². The number of benzene rings is 1. The summed E-state index contributed by atoms with van der Waals surface area (Å²) in [5.41, 5.74) is 5.38. The number of rotatable bonds is 11. The van der Waals surface area contributed by atoms with E-state index in [1.54, 1.807) is 11.1 Å². The van der Waals surface area contributed by atoms with Gasteiger partial charge in [0.25, 0.3) is 0 Å². The molecule has 1 aliphatic heterocycles. The highest BCUT2D eigenvalue weighted by Crippen LogP contribution is 2.27. The van der Waals surface area contributed by atoms with Gasteiger partial charge in [0, 0.05) is 38.4 Å². The van der Waals surface area contributed by atoms with Crippen molar-refractivity contribution in [1.82, 2.24) is 15.1 Å². The van der Waals surface area contributed by atoms with Crippen molar-refractivity contribution < 1.29 is 4.74 Å². The van der Waals surface area contributed by atoms with E-state index >= 15 is 0 Å². The predicted molar refractivity (Wildman–Crippen MR) is 128 cm³/mol. The Hall–Kier alpha value is -2.04. The lowest BCUT2D eigenvalue weighted by Crippen LogP contribution is -2.37. The fourth-order valence-corrected chi connectivity index (χ4v) is 4.21. The fraction of sp³-hybridized carbons (Fsp3) is 0.538. The number of hydrogen-bond donors (Lipinski definition) is 1. The van der Waals surface area contributed by atoms with Crippen LogP contribution >= 0.6 is 0 Å². The Morgan fingerprint density at radius 2 is 2.03 bits per heavy atom. The van der Waals surface area contributed by atoms with E-state index in [0.29, 0.717) is 5.92 Å². The molecule has 0 bridgehead atoms. The van der Waals surface area contributed by atoms with E-state index in [1.807, 2.05) is 12.1 Å². The van der Waals surface area contributed by atoms with E-state index in [9.17, 15) is 0 Å². The van der Waals surface area contributed by atoms with Gasteiger partial charge in [0.15, 0.2) is 0 Å². The lowest BCUT2D eigenvalue weighted by Gasteiger charge is -2.33. The van der Waals surface area contributed by atoms with Crippen molar-refractivity contribution in [2.75, 3.05) is 53.4 Å². The molecule has 0 saturated carbocycles. The van der Waals surface area contributed by atoms with Crippen LogP contribution in [0.3, 0.4) is 0 Å². The summed E-state index contributed by atoms with van der Waals surface area (Å²) in [5.74, 6) is 1.51. The first kappa shape index (κ1) is 22.6. The van der Waals surface area contributed by atoms with Gasteiger partial charge >= 0.3 is 0 Å². The summed E-state index contributed by atoms with van der Waals surface area (Å²) in [5, 5.41) is 3.54. The molecule has 0 radical (unpaired) electrons. The number of hydrogen-bond acceptors (Lipinski definition) is 4. The first-order chi connectivity index (χ1) is 14.5. The summed E-state index contributed by atoms with van der Waals surface area (Å²) >= 11 is 0. The van der Waals surface area contributed by atoms with Gasteiger partial charge in [-0.2, -0.15) is 0 Å². The van der Waals surface area contributed by atoms with Gasteiger partial charge in [0.05, 0.1) is 6.61 Å². The second-order valence-electron chi connectivity index (χ2n) is 9.05. The van der Waals surface area contributed by atoms with Crippen LogP contribution in [0.15, 0.2) is 54.1 Å². The van der Waals surface area contributed by atoms with Crippen molar-refractivity contribution in [2.45, 2.75) is 32.6 Å². The second-order valence-corrected chi connectivity index (χ2v) is 9.05. The zero-order chi connectivity index (χ0) is 21.3. The van der Waals surface area contributed by atoms with Gasteiger partial charge in [-0.05, 0) is 81.1 Å². The molecular formula is C26H39N3O. The van der Waals surface area contributed by atoms with Crippen molar-refractivity contribution in [1.29, 1.82) is 0 Å². The molecule has 2 aliphatic rings. The molecule has 4 heteroatoms. The molecule has 0 spiro atoms. The zero-order valence-electron chi connectivity index (χ0n) is 19.1. The predicted octanol–water partition coefficient (Wildman–Crippen LogP) is 4.57. The summed E-state index contributed by atoms with van der Waals surface area (Å²) < 4.78 is 5.82. The third-order valence-electron chi connectivity index (χ3n) is 5.95. The summed E-state index contributed by atoms with van der Waals surface area (Å²) in [6.45, 7) is 12.8. The van der Waals surface area contributed by atoms with Gasteiger partial charge in [-0.1, -0.05) is 31.2 Å².